The molecule has 1 atom stereocenters. The lowest BCUT2D eigenvalue weighted by Gasteiger charge is -2.35. The van der Waals surface area contributed by atoms with Gasteiger partial charge in [-0.25, -0.2) is 0 Å². The Bertz CT molecular complexity index is 509. The molecular formula is C20H33N3O2S. The van der Waals surface area contributed by atoms with Gasteiger partial charge in [-0.3, -0.25) is 14.5 Å². The van der Waals surface area contributed by atoms with E-state index in [0.717, 1.165) is 51.2 Å². The fourth-order valence-electron chi connectivity index (χ4n) is 4.20. The molecule has 5 nitrogen and oxygen atoms in total. The Kier molecular flexibility index (Phi) is 7.86. The number of piperidine rings is 1. The molecule has 2 amide bonds. The molecule has 0 radical (unpaired) electrons. The molecule has 0 saturated carbocycles. The van der Waals surface area contributed by atoms with Crippen LogP contribution in [0, 0.1) is 5.92 Å². The minimum atomic E-state index is -0.484. The summed E-state index contributed by atoms with van der Waals surface area (Å²) in [5.74, 6) is 2.12. The zero-order chi connectivity index (χ0) is 18.2. The molecule has 0 aromatic rings. The molecule has 0 aromatic heterocycles. The summed E-state index contributed by atoms with van der Waals surface area (Å²) in [5.41, 5.74) is 1.42. The predicted molar refractivity (Wildman–Crippen MR) is 107 cm³/mol. The van der Waals surface area contributed by atoms with Gasteiger partial charge in [0, 0.05) is 24.9 Å². The van der Waals surface area contributed by atoms with Crippen LogP contribution in [0.2, 0.25) is 0 Å². The van der Waals surface area contributed by atoms with Gasteiger partial charge in [-0.2, -0.15) is 11.8 Å². The highest BCUT2D eigenvalue weighted by atomic mass is 32.2. The van der Waals surface area contributed by atoms with Crippen molar-refractivity contribution in [3.8, 4) is 0 Å². The Balaban J connectivity index is 1.27. The minimum absolute atomic E-state index is 0.475. The van der Waals surface area contributed by atoms with Gasteiger partial charge < -0.3 is 10.6 Å². The van der Waals surface area contributed by atoms with Crippen LogP contribution in [0.25, 0.3) is 0 Å². The molecule has 26 heavy (non-hydrogen) atoms. The van der Waals surface area contributed by atoms with E-state index in [4.69, 9.17) is 0 Å². The zero-order valence-corrected chi connectivity index (χ0v) is 16.6. The summed E-state index contributed by atoms with van der Waals surface area (Å²) < 4.78 is 0. The Morgan fingerprint density at radius 2 is 1.92 bits per heavy atom. The second-order valence-electron chi connectivity index (χ2n) is 7.82. The van der Waals surface area contributed by atoms with Gasteiger partial charge in [0.05, 0.1) is 0 Å². The standard InChI is InChI=1S/C20H33N3O2S/c24-19(21-10-6-16-4-2-1-3-5-16)20(25)22-14-17-7-11-23(12-8-17)18-9-13-26-15-18/h4,17-18H,1-3,5-15H2,(H,21,24)(H,22,25)/t18-/m1/s1. The average molecular weight is 380 g/mol. The molecule has 0 unspecified atom stereocenters. The third-order valence-corrected chi connectivity index (χ3v) is 7.09. The van der Waals surface area contributed by atoms with Crippen LogP contribution >= 0.6 is 11.8 Å². The van der Waals surface area contributed by atoms with Crippen LogP contribution in [0.15, 0.2) is 11.6 Å². The number of nitrogens with zero attached hydrogens (tertiary/aromatic N) is 1. The quantitative estimate of drug-likeness (QED) is 0.549. The highest BCUT2D eigenvalue weighted by molar-refractivity contribution is 7.99. The number of carbonyl (C=O) groups is 2. The first-order valence-corrected chi connectivity index (χ1v) is 11.4. The summed E-state index contributed by atoms with van der Waals surface area (Å²) in [5, 5.41) is 5.60. The van der Waals surface area contributed by atoms with Crippen LogP contribution in [-0.2, 0) is 9.59 Å². The lowest BCUT2D eigenvalue weighted by molar-refractivity contribution is -0.139. The molecule has 6 heteroatoms. The number of amides is 2. The van der Waals surface area contributed by atoms with E-state index in [1.807, 2.05) is 0 Å². The molecule has 1 aliphatic carbocycles. The Morgan fingerprint density at radius 3 is 2.62 bits per heavy atom. The third-order valence-electron chi connectivity index (χ3n) is 5.95. The van der Waals surface area contributed by atoms with Crippen LogP contribution in [0.1, 0.15) is 51.4 Å². The first kappa shape index (κ1) is 19.7. The Hall–Kier alpha value is -1.01. The third kappa shape index (κ3) is 6.02. The number of hydrogen-bond donors (Lipinski definition) is 2. The molecule has 0 bridgehead atoms. The molecule has 2 heterocycles. The molecule has 2 fully saturated rings. The van der Waals surface area contributed by atoms with Crippen molar-refractivity contribution in [3.05, 3.63) is 11.6 Å². The lowest BCUT2D eigenvalue weighted by atomic mass is 9.95. The van der Waals surface area contributed by atoms with E-state index >= 15 is 0 Å². The topological polar surface area (TPSA) is 61.4 Å². The van der Waals surface area contributed by atoms with E-state index in [1.165, 1.54) is 36.3 Å². The number of nitrogens with one attached hydrogen (secondary N) is 2. The van der Waals surface area contributed by atoms with Crippen molar-refractivity contribution in [2.75, 3.05) is 37.7 Å². The van der Waals surface area contributed by atoms with Crippen LogP contribution in [0.4, 0.5) is 0 Å². The summed E-state index contributed by atoms with van der Waals surface area (Å²) in [6.45, 7) is 3.46. The second kappa shape index (κ2) is 10.4. The van der Waals surface area contributed by atoms with Crippen molar-refractivity contribution in [3.63, 3.8) is 0 Å². The normalized spacial score (nSPS) is 24.9. The fraction of sp³-hybridized carbons (Fsp3) is 0.800. The Labute approximate surface area is 161 Å². The fourth-order valence-corrected chi connectivity index (χ4v) is 5.45. The second-order valence-corrected chi connectivity index (χ2v) is 8.97. The monoisotopic (exact) mass is 379 g/mol. The van der Waals surface area contributed by atoms with Crippen molar-refractivity contribution in [1.82, 2.24) is 15.5 Å². The van der Waals surface area contributed by atoms with Gasteiger partial charge in [0.1, 0.15) is 0 Å². The number of rotatable bonds is 6. The van der Waals surface area contributed by atoms with E-state index < -0.39 is 11.8 Å². The van der Waals surface area contributed by atoms with Crippen molar-refractivity contribution >= 4 is 23.6 Å². The highest BCUT2D eigenvalue weighted by Gasteiger charge is 2.27. The molecule has 2 N–H and O–H groups in total. The van der Waals surface area contributed by atoms with Gasteiger partial charge in [-0.05, 0) is 76.1 Å². The average Bonchev–Trinajstić information content (AvgIpc) is 3.22. The molecule has 2 aliphatic heterocycles. The number of thioether (sulfide) groups is 1. The summed E-state index contributed by atoms with van der Waals surface area (Å²) in [7, 11) is 0. The maximum Gasteiger partial charge on any atom is 0.309 e. The number of hydrogen-bond acceptors (Lipinski definition) is 4. The van der Waals surface area contributed by atoms with Crippen LogP contribution < -0.4 is 10.6 Å². The van der Waals surface area contributed by atoms with Crippen LogP contribution in [0.3, 0.4) is 0 Å². The van der Waals surface area contributed by atoms with Crippen molar-refractivity contribution in [2.45, 2.75) is 57.4 Å². The zero-order valence-electron chi connectivity index (χ0n) is 15.8. The maximum atomic E-state index is 12.0. The summed E-state index contributed by atoms with van der Waals surface area (Å²) >= 11 is 2.06. The predicted octanol–water partition coefficient (Wildman–Crippen LogP) is 2.33. The van der Waals surface area contributed by atoms with E-state index in [-0.39, 0.29) is 0 Å². The van der Waals surface area contributed by atoms with Gasteiger partial charge in [0.2, 0.25) is 0 Å². The van der Waals surface area contributed by atoms with E-state index in [2.05, 4.69) is 33.4 Å². The Morgan fingerprint density at radius 1 is 1.12 bits per heavy atom. The summed E-state index contributed by atoms with van der Waals surface area (Å²) in [6.07, 6.45) is 11.5. The summed E-state index contributed by atoms with van der Waals surface area (Å²) in [4.78, 5) is 26.5. The van der Waals surface area contributed by atoms with Crippen molar-refractivity contribution in [2.24, 2.45) is 5.92 Å². The molecule has 0 spiro atoms. The SMILES string of the molecule is O=C(NCCC1=CCCCC1)C(=O)NCC1CCN([C@@H]2CCSC2)CC1. The van der Waals surface area contributed by atoms with Crippen molar-refractivity contribution < 1.29 is 9.59 Å². The number of likely N-dealkylation sites (tertiary alicyclic amines) is 1. The summed E-state index contributed by atoms with van der Waals surface area (Å²) in [6, 6.07) is 0.764. The molecule has 146 valence electrons. The van der Waals surface area contributed by atoms with Gasteiger partial charge in [-0.1, -0.05) is 11.6 Å². The van der Waals surface area contributed by atoms with E-state index in [1.54, 1.807) is 0 Å². The van der Waals surface area contributed by atoms with E-state index in [0.29, 0.717) is 19.0 Å². The number of allylic oxidation sites excluding steroid dienone is 1. The maximum absolute atomic E-state index is 12.0. The largest absolute Gasteiger partial charge is 0.348 e. The smallest absolute Gasteiger partial charge is 0.309 e. The van der Waals surface area contributed by atoms with Crippen LogP contribution in [0.5, 0.6) is 0 Å². The molecule has 0 aromatic carbocycles. The van der Waals surface area contributed by atoms with Gasteiger partial charge in [0.15, 0.2) is 0 Å². The van der Waals surface area contributed by atoms with Gasteiger partial charge in [0.25, 0.3) is 0 Å². The van der Waals surface area contributed by atoms with Gasteiger partial charge >= 0.3 is 11.8 Å². The first-order chi connectivity index (χ1) is 12.7. The lowest BCUT2D eigenvalue weighted by Crippen LogP contribution is -2.46. The minimum Gasteiger partial charge on any atom is -0.348 e. The van der Waals surface area contributed by atoms with Crippen LogP contribution in [-0.4, -0.2) is 60.4 Å². The van der Waals surface area contributed by atoms with Crippen molar-refractivity contribution in [1.29, 1.82) is 0 Å². The first-order valence-electron chi connectivity index (χ1n) is 10.3. The number of carbonyl (C=O) groups excluding carboxylic acids is 2. The molecular weight excluding hydrogens is 346 g/mol. The molecule has 2 saturated heterocycles. The van der Waals surface area contributed by atoms with Gasteiger partial charge in [-0.15, -0.1) is 0 Å². The van der Waals surface area contributed by atoms with E-state index in [9.17, 15) is 9.59 Å². The highest BCUT2D eigenvalue weighted by Crippen LogP contribution is 2.26. The molecule has 3 rings (SSSR count). The molecule has 3 aliphatic rings.